The fourth-order valence-corrected chi connectivity index (χ4v) is 3.73. The molecule has 0 spiro atoms. The van der Waals surface area contributed by atoms with Gasteiger partial charge in [0.05, 0.1) is 21.8 Å². The van der Waals surface area contributed by atoms with Crippen molar-refractivity contribution in [2.75, 3.05) is 0 Å². The predicted octanol–water partition coefficient (Wildman–Crippen LogP) is 4.82. The van der Waals surface area contributed by atoms with Crippen LogP contribution in [0.15, 0.2) is 47.3 Å². The van der Waals surface area contributed by atoms with Crippen LogP contribution in [-0.2, 0) is 0 Å². The summed E-state index contributed by atoms with van der Waals surface area (Å²) < 4.78 is 2.85. The molecule has 0 radical (unpaired) electrons. The van der Waals surface area contributed by atoms with E-state index in [-0.39, 0.29) is 10.9 Å². The summed E-state index contributed by atoms with van der Waals surface area (Å²) in [6, 6.07) is 15.9. The summed E-state index contributed by atoms with van der Waals surface area (Å²) in [5.74, 6) is 0.393. The zero-order valence-electron chi connectivity index (χ0n) is 13.4. The number of rotatable bonds is 3. The zero-order chi connectivity index (χ0) is 16.6. The van der Waals surface area contributed by atoms with Gasteiger partial charge in [0.15, 0.2) is 0 Å². The van der Waals surface area contributed by atoms with E-state index in [9.17, 15) is 10.1 Å². The van der Waals surface area contributed by atoms with Crippen molar-refractivity contribution in [2.24, 2.45) is 5.92 Å². The lowest BCUT2D eigenvalue weighted by Gasteiger charge is -2.17. The van der Waals surface area contributed by atoms with Crippen molar-refractivity contribution in [3.8, 4) is 17.2 Å². The third kappa shape index (κ3) is 2.69. The molecule has 1 aromatic heterocycles. The second kappa shape index (κ2) is 6.02. The molecule has 3 nitrogen and oxygen atoms in total. The SMILES string of the molecule is CC(C)C(C)n1c(=O)sc2cc(-c3ccccc3C#N)ccc21. The summed E-state index contributed by atoms with van der Waals surface area (Å²) in [7, 11) is 0. The third-order valence-electron chi connectivity index (χ3n) is 4.34. The van der Waals surface area contributed by atoms with Crippen LogP contribution in [0.25, 0.3) is 21.3 Å². The summed E-state index contributed by atoms with van der Waals surface area (Å²) in [6.07, 6.45) is 0. The van der Waals surface area contributed by atoms with E-state index in [1.54, 1.807) is 0 Å². The van der Waals surface area contributed by atoms with Crippen LogP contribution in [0, 0.1) is 17.2 Å². The van der Waals surface area contributed by atoms with Crippen LogP contribution in [0.4, 0.5) is 0 Å². The highest BCUT2D eigenvalue weighted by Gasteiger charge is 2.17. The monoisotopic (exact) mass is 322 g/mol. The van der Waals surface area contributed by atoms with E-state index >= 15 is 0 Å². The van der Waals surface area contributed by atoms with Crippen LogP contribution >= 0.6 is 11.3 Å². The first-order chi connectivity index (χ1) is 11.0. The number of hydrogen-bond acceptors (Lipinski definition) is 3. The topological polar surface area (TPSA) is 45.8 Å². The highest BCUT2D eigenvalue weighted by Crippen LogP contribution is 2.30. The number of fused-ring (bicyclic) bond motifs is 1. The molecule has 1 unspecified atom stereocenters. The zero-order valence-corrected chi connectivity index (χ0v) is 14.2. The molecule has 0 N–H and O–H groups in total. The minimum Gasteiger partial charge on any atom is -0.296 e. The molecule has 4 heteroatoms. The van der Waals surface area contributed by atoms with Gasteiger partial charge in [-0.15, -0.1) is 0 Å². The number of benzene rings is 2. The van der Waals surface area contributed by atoms with Crippen LogP contribution in [0.1, 0.15) is 32.4 Å². The smallest absolute Gasteiger partial charge is 0.296 e. The Bertz CT molecular complexity index is 959. The Morgan fingerprint density at radius 1 is 1.13 bits per heavy atom. The molecular formula is C19H18N2OS. The first kappa shape index (κ1) is 15.5. The minimum absolute atomic E-state index is 0.0759. The van der Waals surface area contributed by atoms with Gasteiger partial charge in [-0.05, 0) is 42.2 Å². The van der Waals surface area contributed by atoms with Crippen LogP contribution in [0.2, 0.25) is 0 Å². The van der Waals surface area contributed by atoms with Gasteiger partial charge in [0.1, 0.15) is 0 Å². The summed E-state index contributed by atoms with van der Waals surface area (Å²) in [6.45, 7) is 6.33. The van der Waals surface area contributed by atoms with Gasteiger partial charge in [-0.3, -0.25) is 9.36 Å². The Kier molecular flexibility index (Phi) is 4.06. The fraction of sp³-hybridized carbons (Fsp3) is 0.263. The van der Waals surface area contributed by atoms with Crippen LogP contribution in [0.5, 0.6) is 0 Å². The molecular weight excluding hydrogens is 304 g/mol. The molecule has 2 aromatic carbocycles. The standard InChI is InChI=1S/C19H18N2OS/c1-12(2)13(3)21-17-9-8-14(10-18(17)23-19(21)22)16-7-5-4-6-15(16)11-20/h4-10,12-13H,1-3H3. The molecule has 0 saturated carbocycles. The fourth-order valence-electron chi connectivity index (χ4n) is 2.72. The molecule has 0 bridgehead atoms. The summed E-state index contributed by atoms with van der Waals surface area (Å²) >= 11 is 1.27. The summed E-state index contributed by atoms with van der Waals surface area (Å²) in [5, 5.41) is 9.27. The minimum atomic E-state index is 0.0759. The van der Waals surface area contributed by atoms with Gasteiger partial charge >= 0.3 is 4.87 Å². The van der Waals surface area contributed by atoms with E-state index in [0.29, 0.717) is 11.5 Å². The average Bonchev–Trinajstić information content (AvgIpc) is 2.88. The summed E-state index contributed by atoms with van der Waals surface area (Å²) in [5.41, 5.74) is 3.50. The first-order valence-corrected chi connectivity index (χ1v) is 8.49. The average molecular weight is 322 g/mol. The van der Waals surface area contributed by atoms with E-state index in [1.165, 1.54) is 11.3 Å². The quantitative estimate of drug-likeness (QED) is 0.694. The van der Waals surface area contributed by atoms with Gasteiger partial charge in [-0.25, -0.2) is 0 Å². The van der Waals surface area contributed by atoms with Crippen molar-refractivity contribution in [3.05, 3.63) is 57.7 Å². The van der Waals surface area contributed by atoms with Crippen molar-refractivity contribution >= 4 is 21.6 Å². The number of thiazole rings is 1. The molecule has 0 aliphatic rings. The molecule has 1 heterocycles. The first-order valence-electron chi connectivity index (χ1n) is 7.67. The predicted molar refractivity (Wildman–Crippen MR) is 95.8 cm³/mol. The number of hydrogen-bond donors (Lipinski definition) is 0. The molecule has 0 fully saturated rings. The van der Waals surface area contributed by atoms with E-state index < -0.39 is 0 Å². The second-order valence-corrected chi connectivity index (χ2v) is 7.06. The Hall–Kier alpha value is -2.38. The van der Waals surface area contributed by atoms with E-state index in [1.807, 2.05) is 47.0 Å². The van der Waals surface area contributed by atoms with Crippen molar-refractivity contribution in [3.63, 3.8) is 0 Å². The molecule has 3 rings (SSSR count). The molecule has 0 amide bonds. The van der Waals surface area contributed by atoms with E-state index in [2.05, 4.69) is 26.8 Å². The third-order valence-corrected chi connectivity index (χ3v) is 5.26. The number of nitriles is 1. The largest absolute Gasteiger partial charge is 0.308 e. The Balaban J connectivity index is 2.19. The Morgan fingerprint density at radius 3 is 2.57 bits per heavy atom. The maximum atomic E-state index is 12.4. The van der Waals surface area contributed by atoms with Gasteiger partial charge < -0.3 is 0 Å². The molecule has 1 atom stereocenters. The van der Waals surface area contributed by atoms with Gasteiger partial charge in [0, 0.05) is 6.04 Å². The molecule has 0 aliphatic carbocycles. The van der Waals surface area contributed by atoms with Crippen molar-refractivity contribution < 1.29 is 0 Å². The van der Waals surface area contributed by atoms with E-state index in [0.717, 1.165) is 21.3 Å². The molecule has 0 saturated heterocycles. The van der Waals surface area contributed by atoms with Gasteiger partial charge in [0.2, 0.25) is 0 Å². The molecule has 116 valence electrons. The van der Waals surface area contributed by atoms with Gasteiger partial charge in [-0.2, -0.15) is 5.26 Å². The molecule has 0 aliphatic heterocycles. The lowest BCUT2D eigenvalue weighted by molar-refractivity contribution is 0.413. The van der Waals surface area contributed by atoms with Crippen LogP contribution in [-0.4, -0.2) is 4.57 Å². The van der Waals surface area contributed by atoms with Crippen molar-refractivity contribution in [2.45, 2.75) is 26.8 Å². The maximum absolute atomic E-state index is 12.4. The maximum Gasteiger partial charge on any atom is 0.308 e. The van der Waals surface area contributed by atoms with Crippen LogP contribution in [0.3, 0.4) is 0 Å². The normalized spacial score (nSPS) is 12.5. The highest BCUT2D eigenvalue weighted by atomic mass is 32.1. The number of nitrogens with zero attached hydrogens (tertiary/aromatic N) is 2. The molecule has 23 heavy (non-hydrogen) atoms. The van der Waals surface area contributed by atoms with Gasteiger partial charge in [-0.1, -0.05) is 49.4 Å². The second-order valence-electron chi connectivity index (χ2n) is 6.06. The summed E-state index contributed by atoms with van der Waals surface area (Å²) in [4.78, 5) is 12.5. The van der Waals surface area contributed by atoms with Crippen molar-refractivity contribution in [1.29, 1.82) is 5.26 Å². The lowest BCUT2D eigenvalue weighted by atomic mass is 10.00. The highest BCUT2D eigenvalue weighted by molar-refractivity contribution is 7.16. The van der Waals surface area contributed by atoms with Crippen LogP contribution < -0.4 is 4.87 Å². The lowest BCUT2D eigenvalue weighted by Crippen LogP contribution is -2.21. The van der Waals surface area contributed by atoms with Gasteiger partial charge in [0.25, 0.3) is 0 Å². The Labute approximate surface area is 139 Å². The van der Waals surface area contributed by atoms with E-state index in [4.69, 9.17) is 0 Å². The van der Waals surface area contributed by atoms with Crippen molar-refractivity contribution in [1.82, 2.24) is 4.57 Å². The Morgan fingerprint density at radius 2 is 1.87 bits per heavy atom. The molecule has 3 aromatic rings. The number of aromatic nitrogens is 1.